The van der Waals surface area contributed by atoms with Crippen molar-refractivity contribution in [1.29, 1.82) is 0 Å². The molecule has 11 heavy (non-hydrogen) atoms. The molecule has 0 aliphatic carbocycles. The predicted octanol–water partition coefficient (Wildman–Crippen LogP) is 2.45. The van der Waals surface area contributed by atoms with Gasteiger partial charge >= 0.3 is 81.6 Å². The normalized spacial score (nSPS) is 14.3. The summed E-state index contributed by atoms with van der Waals surface area (Å²) in [7, 11) is 18.3. The van der Waals surface area contributed by atoms with E-state index in [-0.39, 0.29) is 11.9 Å². The Morgan fingerprint density at radius 3 is 2.27 bits per heavy atom. The summed E-state index contributed by atoms with van der Waals surface area (Å²) in [5.74, 6) is -0.601. The van der Waals surface area contributed by atoms with Crippen LogP contribution in [0.2, 0.25) is 4.44 Å². The van der Waals surface area contributed by atoms with E-state index in [1.165, 1.54) is 7.11 Å². The second-order valence-electron chi connectivity index (χ2n) is 2.24. The van der Waals surface area contributed by atoms with Gasteiger partial charge in [0.25, 0.3) is 0 Å². The Kier molecular flexibility index (Phi) is 5.51. The predicted molar refractivity (Wildman–Crippen MR) is 49.3 cm³/mol. The number of carbonyl (C=O) groups is 1. The molecule has 0 aliphatic rings. The van der Waals surface area contributed by atoms with Gasteiger partial charge in [0.2, 0.25) is 0 Å². The first-order valence-electron chi connectivity index (χ1n) is 3.01. The molecule has 0 rings (SSSR count). The van der Waals surface area contributed by atoms with E-state index in [0.717, 1.165) is 0 Å². The molecule has 66 valence electrons. The monoisotopic (exact) mass is 326 g/mol. The topological polar surface area (TPSA) is 26.3 Å². The van der Waals surface area contributed by atoms with Gasteiger partial charge in [-0.1, -0.05) is 0 Å². The Bertz CT molecular complexity index is 145. The zero-order valence-corrected chi connectivity index (χ0v) is 11.4. The van der Waals surface area contributed by atoms with Gasteiger partial charge in [-0.25, -0.2) is 0 Å². The van der Waals surface area contributed by atoms with E-state index < -0.39 is 15.0 Å². The van der Waals surface area contributed by atoms with E-state index in [1.807, 2.05) is 0 Å². The summed E-state index contributed by atoms with van der Waals surface area (Å²) in [5, 5.41) is 0. The summed E-state index contributed by atoms with van der Waals surface area (Å²) in [5.41, 5.74) is 0. The first-order chi connectivity index (χ1) is 4.87. The molecular weight excluding hydrogens is 317 g/mol. The fourth-order valence-corrected chi connectivity index (χ4v) is 7.75. The van der Waals surface area contributed by atoms with Gasteiger partial charge in [0.05, 0.1) is 0 Å². The van der Waals surface area contributed by atoms with Crippen LogP contribution in [0.25, 0.3) is 0 Å². The van der Waals surface area contributed by atoms with Gasteiger partial charge in [0.1, 0.15) is 0 Å². The summed E-state index contributed by atoms with van der Waals surface area (Å²) in [4.78, 5) is 10.8. The van der Waals surface area contributed by atoms with Crippen molar-refractivity contribution >= 4 is 47.7 Å². The Morgan fingerprint density at radius 2 is 2.00 bits per heavy atom. The molecule has 0 aliphatic heterocycles. The SMILES string of the molecule is COC(=O)C(C)[CH2][Sn]([Cl])([Cl])[Cl]. The third-order valence-corrected chi connectivity index (χ3v) is 7.32. The molecule has 0 bridgehead atoms. The van der Waals surface area contributed by atoms with E-state index >= 15 is 0 Å². The quantitative estimate of drug-likeness (QED) is 0.588. The van der Waals surface area contributed by atoms with Gasteiger partial charge in [0.15, 0.2) is 0 Å². The number of carbonyl (C=O) groups excluding carboxylic acids is 1. The van der Waals surface area contributed by atoms with Gasteiger partial charge in [-0.05, 0) is 0 Å². The maximum absolute atomic E-state index is 10.8. The van der Waals surface area contributed by atoms with Gasteiger partial charge in [-0.3, -0.25) is 0 Å². The van der Waals surface area contributed by atoms with E-state index in [9.17, 15) is 4.79 Å². The first-order valence-corrected chi connectivity index (χ1v) is 15.9. The van der Waals surface area contributed by atoms with Crippen LogP contribution in [0.15, 0.2) is 0 Å². The molecule has 0 spiro atoms. The van der Waals surface area contributed by atoms with Crippen LogP contribution in [0.3, 0.4) is 0 Å². The van der Waals surface area contributed by atoms with Gasteiger partial charge in [0, 0.05) is 0 Å². The van der Waals surface area contributed by atoms with Crippen LogP contribution >= 0.6 is 26.8 Å². The fraction of sp³-hybridized carbons (Fsp3) is 0.800. The van der Waals surface area contributed by atoms with E-state index in [1.54, 1.807) is 6.92 Å². The Hall–Kier alpha value is 1.14. The van der Waals surface area contributed by atoms with Crippen molar-refractivity contribution in [3.05, 3.63) is 0 Å². The summed E-state index contributed by atoms with van der Waals surface area (Å²) in [6.07, 6.45) is 0. The van der Waals surface area contributed by atoms with Crippen molar-refractivity contribution < 1.29 is 9.53 Å². The fourth-order valence-electron chi connectivity index (χ4n) is 0.632. The maximum atomic E-state index is 10.8. The van der Waals surface area contributed by atoms with Gasteiger partial charge in [-0.15, -0.1) is 0 Å². The van der Waals surface area contributed by atoms with E-state index in [0.29, 0.717) is 4.44 Å². The van der Waals surface area contributed by atoms with Crippen molar-refractivity contribution in [3.8, 4) is 0 Å². The molecule has 0 aromatic carbocycles. The zero-order chi connectivity index (χ0) is 9.07. The Morgan fingerprint density at radius 1 is 1.55 bits per heavy atom. The third kappa shape index (κ3) is 6.31. The Balaban J connectivity index is 3.87. The van der Waals surface area contributed by atoms with Crippen molar-refractivity contribution in [2.24, 2.45) is 5.92 Å². The number of halogens is 3. The molecule has 0 saturated carbocycles. The van der Waals surface area contributed by atoms with E-state index in [2.05, 4.69) is 4.74 Å². The van der Waals surface area contributed by atoms with Gasteiger partial charge < -0.3 is 0 Å². The summed E-state index contributed by atoms with van der Waals surface area (Å²) >= 11 is -3.35. The van der Waals surface area contributed by atoms with Crippen molar-refractivity contribution in [3.63, 3.8) is 0 Å². The van der Waals surface area contributed by atoms with Crippen molar-refractivity contribution in [1.82, 2.24) is 0 Å². The Labute approximate surface area is 81.2 Å². The molecule has 6 heteroatoms. The standard InChI is InChI=1S/C5H9O2.3ClH.Sn/c1-4(2)5(6)7-3;;;;/h4H,1H2,2-3H3;3*1H;/q;;;;+3/p-3. The minimum absolute atomic E-state index is 0.289. The second kappa shape index (κ2) is 5.00. The molecule has 0 heterocycles. The minimum atomic E-state index is -3.35. The molecule has 0 amide bonds. The third-order valence-electron chi connectivity index (χ3n) is 1.14. The number of methoxy groups -OCH3 is 1. The van der Waals surface area contributed by atoms with Crippen LogP contribution in [0.4, 0.5) is 0 Å². The van der Waals surface area contributed by atoms with Crippen LogP contribution in [-0.4, -0.2) is 28.1 Å². The van der Waals surface area contributed by atoms with Crippen molar-refractivity contribution in [2.45, 2.75) is 11.4 Å². The van der Waals surface area contributed by atoms with Gasteiger partial charge in [-0.2, -0.15) is 0 Å². The number of hydrogen-bond acceptors (Lipinski definition) is 2. The molecule has 1 unspecified atom stereocenters. The average Bonchev–Trinajstić information content (AvgIpc) is 1.82. The zero-order valence-electron chi connectivity index (χ0n) is 6.23. The number of ether oxygens (including phenoxy) is 1. The van der Waals surface area contributed by atoms with Crippen LogP contribution < -0.4 is 0 Å². The summed E-state index contributed by atoms with van der Waals surface area (Å²) in [6.45, 7) is 1.70. The number of hydrogen-bond donors (Lipinski definition) is 0. The van der Waals surface area contributed by atoms with Crippen LogP contribution in [-0.2, 0) is 9.53 Å². The van der Waals surface area contributed by atoms with Crippen LogP contribution in [0, 0.1) is 5.92 Å². The van der Waals surface area contributed by atoms with Crippen LogP contribution in [0.5, 0.6) is 0 Å². The van der Waals surface area contributed by atoms with Crippen LogP contribution in [0.1, 0.15) is 6.92 Å². The number of esters is 1. The molecule has 0 N–H and O–H groups in total. The average molecular weight is 326 g/mol. The second-order valence-corrected chi connectivity index (χ2v) is 23.8. The van der Waals surface area contributed by atoms with E-state index in [4.69, 9.17) is 26.8 Å². The number of rotatable bonds is 3. The molecule has 1 atom stereocenters. The van der Waals surface area contributed by atoms with Crippen molar-refractivity contribution in [2.75, 3.05) is 7.11 Å². The molecule has 0 aromatic heterocycles. The summed E-state index contributed by atoms with van der Waals surface area (Å²) < 4.78 is 4.86. The molecule has 2 nitrogen and oxygen atoms in total. The summed E-state index contributed by atoms with van der Waals surface area (Å²) in [6, 6.07) is 0. The molecular formula is C5H9Cl3O2Sn. The molecule has 0 radical (unpaired) electrons. The molecule has 0 aromatic rings. The molecule has 0 saturated heterocycles. The first kappa shape index (κ1) is 12.1. The molecule has 0 fully saturated rings.